The van der Waals surface area contributed by atoms with Crippen LogP contribution in [0.5, 0.6) is 5.75 Å². The van der Waals surface area contributed by atoms with Crippen molar-refractivity contribution in [3.63, 3.8) is 0 Å². The molecule has 1 aliphatic heterocycles. The van der Waals surface area contributed by atoms with E-state index in [2.05, 4.69) is 5.32 Å². The molecular formula is C13H18N2O2. The predicted octanol–water partition coefficient (Wildman–Crippen LogP) is 2.17. The maximum atomic E-state index is 11.7. The van der Waals surface area contributed by atoms with Crippen LogP contribution in [0.15, 0.2) is 24.3 Å². The van der Waals surface area contributed by atoms with Gasteiger partial charge in [-0.1, -0.05) is 18.2 Å². The molecule has 0 spiro atoms. The molecule has 1 N–H and O–H groups in total. The highest BCUT2D eigenvalue weighted by Gasteiger charge is 2.21. The van der Waals surface area contributed by atoms with Crippen LogP contribution in [-0.2, 0) is 0 Å². The number of ether oxygens (including phenoxy) is 1. The molecule has 0 saturated carbocycles. The number of para-hydroxylation sites is 1. The van der Waals surface area contributed by atoms with Crippen molar-refractivity contribution in [1.82, 2.24) is 10.2 Å². The molecule has 4 nitrogen and oxygen atoms in total. The minimum Gasteiger partial charge on any atom is -0.493 e. The lowest BCUT2D eigenvalue weighted by atomic mass is 10.0. The van der Waals surface area contributed by atoms with Gasteiger partial charge in [0.2, 0.25) is 0 Å². The summed E-state index contributed by atoms with van der Waals surface area (Å²) < 4.78 is 5.66. The minimum absolute atomic E-state index is 0.0450. The van der Waals surface area contributed by atoms with Crippen molar-refractivity contribution >= 4 is 6.03 Å². The minimum atomic E-state index is -0.0632. The second kappa shape index (κ2) is 5.08. The topological polar surface area (TPSA) is 41.6 Å². The highest BCUT2D eigenvalue weighted by molar-refractivity contribution is 5.74. The van der Waals surface area contributed by atoms with Crippen LogP contribution in [0.4, 0.5) is 4.79 Å². The van der Waals surface area contributed by atoms with Crippen molar-refractivity contribution in [2.45, 2.75) is 18.9 Å². The Hall–Kier alpha value is -1.71. The molecule has 1 unspecified atom stereocenters. The summed E-state index contributed by atoms with van der Waals surface area (Å²) in [5.74, 6) is 0.883. The monoisotopic (exact) mass is 234 g/mol. The zero-order valence-electron chi connectivity index (χ0n) is 10.3. The summed E-state index contributed by atoms with van der Waals surface area (Å²) in [6, 6.07) is 7.88. The van der Waals surface area contributed by atoms with Gasteiger partial charge in [-0.25, -0.2) is 4.79 Å². The maximum absolute atomic E-state index is 11.7. The Balaban J connectivity index is 2.20. The van der Waals surface area contributed by atoms with E-state index in [1.165, 1.54) is 0 Å². The van der Waals surface area contributed by atoms with Crippen molar-refractivity contribution in [3.8, 4) is 5.75 Å². The van der Waals surface area contributed by atoms with Gasteiger partial charge in [-0.2, -0.15) is 0 Å². The second-order valence-electron chi connectivity index (χ2n) is 4.43. The molecule has 1 heterocycles. The van der Waals surface area contributed by atoms with E-state index < -0.39 is 0 Å². The first-order valence-electron chi connectivity index (χ1n) is 5.88. The first kappa shape index (κ1) is 11.8. The van der Waals surface area contributed by atoms with Crippen LogP contribution >= 0.6 is 0 Å². The fraction of sp³-hybridized carbons (Fsp3) is 0.462. The molecule has 0 radical (unpaired) electrons. The third-order valence-corrected chi connectivity index (χ3v) is 2.89. The molecule has 1 aromatic rings. The van der Waals surface area contributed by atoms with Crippen molar-refractivity contribution in [2.24, 2.45) is 0 Å². The normalized spacial score (nSPS) is 18.6. The quantitative estimate of drug-likeness (QED) is 0.809. The fourth-order valence-corrected chi connectivity index (χ4v) is 1.95. The van der Waals surface area contributed by atoms with E-state index in [4.69, 9.17) is 4.74 Å². The second-order valence-corrected chi connectivity index (χ2v) is 4.43. The first-order valence-corrected chi connectivity index (χ1v) is 5.88. The van der Waals surface area contributed by atoms with Crippen LogP contribution in [0.3, 0.4) is 0 Å². The molecule has 1 aliphatic rings. The van der Waals surface area contributed by atoms with Crippen LogP contribution in [0.2, 0.25) is 0 Å². The number of hydrogen-bond donors (Lipinski definition) is 1. The van der Waals surface area contributed by atoms with E-state index in [1.54, 1.807) is 19.0 Å². The highest BCUT2D eigenvalue weighted by Crippen LogP contribution is 2.31. The Morgan fingerprint density at radius 3 is 2.94 bits per heavy atom. The highest BCUT2D eigenvalue weighted by atomic mass is 16.5. The largest absolute Gasteiger partial charge is 0.493 e. The van der Waals surface area contributed by atoms with E-state index in [0.29, 0.717) is 6.61 Å². The fourth-order valence-electron chi connectivity index (χ4n) is 1.95. The summed E-state index contributed by atoms with van der Waals surface area (Å²) in [4.78, 5) is 13.3. The molecule has 0 saturated heterocycles. The van der Waals surface area contributed by atoms with Gasteiger partial charge < -0.3 is 15.0 Å². The molecule has 1 aromatic carbocycles. The van der Waals surface area contributed by atoms with Gasteiger partial charge in [-0.15, -0.1) is 0 Å². The summed E-state index contributed by atoms with van der Waals surface area (Å²) in [6.45, 7) is 0.714. The summed E-state index contributed by atoms with van der Waals surface area (Å²) in [6.07, 6.45) is 1.86. The number of fused-ring (bicyclic) bond motifs is 1. The maximum Gasteiger partial charge on any atom is 0.317 e. The SMILES string of the molecule is CN(C)C(=O)NC1CCCOc2ccccc21. The molecule has 0 aliphatic carbocycles. The lowest BCUT2D eigenvalue weighted by molar-refractivity contribution is 0.212. The van der Waals surface area contributed by atoms with Crippen molar-refractivity contribution in [2.75, 3.05) is 20.7 Å². The molecule has 2 amide bonds. The molecule has 92 valence electrons. The number of carbonyl (C=O) groups is 1. The van der Waals surface area contributed by atoms with E-state index in [1.807, 2.05) is 24.3 Å². The standard InChI is InChI=1S/C13H18N2O2/c1-15(2)13(16)14-11-7-5-9-17-12-8-4-3-6-10(11)12/h3-4,6,8,11H,5,7,9H2,1-2H3,(H,14,16). The average Bonchev–Trinajstić information content (AvgIpc) is 2.52. The van der Waals surface area contributed by atoms with E-state index in [-0.39, 0.29) is 12.1 Å². The van der Waals surface area contributed by atoms with Gasteiger partial charge in [-0.3, -0.25) is 0 Å². The zero-order chi connectivity index (χ0) is 12.3. The molecule has 0 fully saturated rings. The van der Waals surface area contributed by atoms with Crippen LogP contribution < -0.4 is 10.1 Å². The van der Waals surface area contributed by atoms with E-state index >= 15 is 0 Å². The molecule has 2 rings (SSSR count). The van der Waals surface area contributed by atoms with Crippen LogP contribution in [-0.4, -0.2) is 31.6 Å². The van der Waals surface area contributed by atoms with Gasteiger partial charge >= 0.3 is 6.03 Å². The van der Waals surface area contributed by atoms with Gasteiger partial charge in [0.05, 0.1) is 12.6 Å². The molecule has 17 heavy (non-hydrogen) atoms. The molecule has 4 heteroatoms. The lowest BCUT2D eigenvalue weighted by Crippen LogP contribution is -2.37. The van der Waals surface area contributed by atoms with Gasteiger partial charge in [0, 0.05) is 19.7 Å². The Morgan fingerprint density at radius 1 is 1.41 bits per heavy atom. The Kier molecular flexibility index (Phi) is 3.52. The summed E-state index contributed by atoms with van der Waals surface area (Å²) >= 11 is 0. The summed E-state index contributed by atoms with van der Waals surface area (Å²) in [5.41, 5.74) is 1.07. The van der Waals surface area contributed by atoms with Gasteiger partial charge in [-0.05, 0) is 18.9 Å². The number of nitrogens with one attached hydrogen (secondary N) is 1. The Labute approximate surface area is 102 Å². The van der Waals surface area contributed by atoms with Crippen LogP contribution in [0.25, 0.3) is 0 Å². The molecule has 1 atom stereocenters. The number of urea groups is 1. The Bertz CT molecular complexity index is 404. The smallest absolute Gasteiger partial charge is 0.317 e. The third-order valence-electron chi connectivity index (χ3n) is 2.89. The number of amides is 2. The summed E-state index contributed by atoms with van der Waals surface area (Å²) in [5, 5.41) is 3.02. The lowest BCUT2D eigenvalue weighted by Gasteiger charge is -2.21. The number of nitrogens with zero attached hydrogens (tertiary/aromatic N) is 1. The molecule has 0 aromatic heterocycles. The van der Waals surface area contributed by atoms with Crippen molar-refractivity contribution < 1.29 is 9.53 Å². The van der Waals surface area contributed by atoms with Crippen molar-refractivity contribution in [3.05, 3.63) is 29.8 Å². The average molecular weight is 234 g/mol. The summed E-state index contributed by atoms with van der Waals surface area (Å²) in [7, 11) is 3.49. The molecular weight excluding hydrogens is 216 g/mol. The number of carbonyl (C=O) groups excluding carboxylic acids is 1. The third kappa shape index (κ3) is 2.70. The van der Waals surface area contributed by atoms with E-state index in [9.17, 15) is 4.79 Å². The number of benzene rings is 1. The van der Waals surface area contributed by atoms with Crippen LogP contribution in [0.1, 0.15) is 24.4 Å². The van der Waals surface area contributed by atoms with Gasteiger partial charge in [0.25, 0.3) is 0 Å². The predicted molar refractivity (Wildman–Crippen MR) is 66.1 cm³/mol. The molecule has 0 bridgehead atoms. The zero-order valence-corrected chi connectivity index (χ0v) is 10.3. The number of rotatable bonds is 1. The Morgan fingerprint density at radius 2 is 2.18 bits per heavy atom. The van der Waals surface area contributed by atoms with Gasteiger partial charge in [0.15, 0.2) is 0 Å². The van der Waals surface area contributed by atoms with Gasteiger partial charge in [0.1, 0.15) is 5.75 Å². The number of hydrogen-bond acceptors (Lipinski definition) is 2. The first-order chi connectivity index (χ1) is 8.18. The van der Waals surface area contributed by atoms with E-state index in [0.717, 1.165) is 24.2 Å². The van der Waals surface area contributed by atoms with Crippen molar-refractivity contribution in [1.29, 1.82) is 0 Å². The van der Waals surface area contributed by atoms with Crippen LogP contribution in [0, 0.1) is 0 Å².